The third kappa shape index (κ3) is 14.6. The van der Waals surface area contributed by atoms with E-state index in [2.05, 4.69) is 86.6 Å². The van der Waals surface area contributed by atoms with Gasteiger partial charge in [0.2, 0.25) is 0 Å². The standard InChI is InChI=1S/C50H74O2/c1-3-5-7-9-11-13-38-51-49-34-30-47(31-35-49)45-26-22-41(23-27-45)18-20-43-16-15-17-44(40-43)21-19-42-24-28-46(29-25-42)48-32-36-50(37-33-48)52-39-14-12-10-8-6-4-2/h15-17,30-37,40-42,45-46H,3-14,18-29,38-39H2,1-2H3. The third-order valence-corrected chi connectivity index (χ3v) is 12.6. The molecule has 0 unspecified atom stereocenters. The Morgan fingerprint density at radius 3 is 1.23 bits per heavy atom. The summed E-state index contributed by atoms with van der Waals surface area (Å²) >= 11 is 0. The second-order valence-electron chi connectivity index (χ2n) is 16.7. The van der Waals surface area contributed by atoms with E-state index in [9.17, 15) is 0 Å². The van der Waals surface area contributed by atoms with Crippen molar-refractivity contribution in [3.63, 3.8) is 0 Å². The molecule has 0 spiro atoms. The maximum atomic E-state index is 6.04. The lowest BCUT2D eigenvalue weighted by Gasteiger charge is -2.29. The van der Waals surface area contributed by atoms with E-state index in [0.717, 1.165) is 48.4 Å². The summed E-state index contributed by atoms with van der Waals surface area (Å²) < 4.78 is 12.1. The lowest BCUT2D eigenvalue weighted by Crippen LogP contribution is -2.14. The minimum atomic E-state index is 0.724. The zero-order valence-electron chi connectivity index (χ0n) is 33.4. The third-order valence-electron chi connectivity index (χ3n) is 12.6. The number of hydrogen-bond acceptors (Lipinski definition) is 2. The minimum absolute atomic E-state index is 0.724. The molecule has 3 aromatic carbocycles. The molecule has 0 radical (unpaired) electrons. The van der Waals surface area contributed by atoms with Crippen molar-refractivity contribution in [2.24, 2.45) is 11.8 Å². The summed E-state index contributed by atoms with van der Waals surface area (Å²) in [6.45, 7) is 6.26. The van der Waals surface area contributed by atoms with Crippen LogP contribution in [-0.2, 0) is 12.8 Å². The van der Waals surface area contributed by atoms with E-state index in [1.165, 1.54) is 165 Å². The van der Waals surface area contributed by atoms with Crippen LogP contribution >= 0.6 is 0 Å². The summed E-state index contributed by atoms with van der Waals surface area (Å²) in [5, 5.41) is 0. The highest BCUT2D eigenvalue weighted by Gasteiger charge is 2.24. The number of unbranched alkanes of at least 4 members (excludes halogenated alkanes) is 10. The fourth-order valence-electron chi connectivity index (χ4n) is 9.07. The van der Waals surface area contributed by atoms with Gasteiger partial charge in [0.05, 0.1) is 13.2 Å². The maximum Gasteiger partial charge on any atom is 0.119 e. The SMILES string of the molecule is CCCCCCCCOc1ccc(C2CCC(CCc3cccc(CCC4CCC(c5ccc(OCCCCCCCC)cc5)CC4)c3)CC2)cc1. The average molecular weight is 707 g/mol. The number of ether oxygens (including phenoxy) is 2. The van der Waals surface area contributed by atoms with Gasteiger partial charge in [0.25, 0.3) is 0 Å². The normalized spacial score (nSPS) is 20.5. The molecule has 0 aromatic heterocycles. The molecule has 0 heterocycles. The molecule has 52 heavy (non-hydrogen) atoms. The Balaban J connectivity index is 0.928. The van der Waals surface area contributed by atoms with Crippen LogP contribution in [0, 0.1) is 11.8 Å². The van der Waals surface area contributed by atoms with Crippen LogP contribution in [0.4, 0.5) is 0 Å². The second kappa shape index (κ2) is 23.8. The van der Waals surface area contributed by atoms with E-state index in [0.29, 0.717) is 0 Å². The van der Waals surface area contributed by atoms with Gasteiger partial charge in [0, 0.05) is 0 Å². The largest absolute Gasteiger partial charge is 0.494 e. The predicted octanol–water partition coefficient (Wildman–Crippen LogP) is 15.0. The van der Waals surface area contributed by atoms with Crippen molar-refractivity contribution in [3.05, 3.63) is 95.1 Å². The van der Waals surface area contributed by atoms with Gasteiger partial charge in [0.15, 0.2) is 0 Å². The molecule has 2 aliphatic rings. The Bertz CT molecular complexity index is 1230. The Labute approximate surface area is 319 Å². The van der Waals surface area contributed by atoms with Crippen molar-refractivity contribution in [1.29, 1.82) is 0 Å². The van der Waals surface area contributed by atoms with Gasteiger partial charge in [0.1, 0.15) is 11.5 Å². The second-order valence-corrected chi connectivity index (χ2v) is 16.7. The molecule has 2 aliphatic carbocycles. The van der Waals surface area contributed by atoms with E-state index in [4.69, 9.17) is 9.47 Å². The molecule has 0 N–H and O–H groups in total. The van der Waals surface area contributed by atoms with Crippen molar-refractivity contribution >= 4 is 0 Å². The van der Waals surface area contributed by atoms with Crippen molar-refractivity contribution in [1.82, 2.24) is 0 Å². The average Bonchev–Trinajstić information content (AvgIpc) is 3.20. The van der Waals surface area contributed by atoms with Crippen molar-refractivity contribution < 1.29 is 9.47 Å². The van der Waals surface area contributed by atoms with E-state index in [1.807, 2.05) is 0 Å². The van der Waals surface area contributed by atoms with Gasteiger partial charge < -0.3 is 9.47 Å². The fraction of sp³-hybridized carbons (Fsp3) is 0.640. The summed E-state index contributed by atoms with van der Waals surface area (Å²) in [6, 6.07) is 27.8. The molecule has 0 atom stereocenters. The number of rotatable bonds is 24. The molecule has 2 nitrogen and oxygen atoms in total. The maximum absolute atomic E-state index is 6.04. The highest BCUT2D eigenvalue weighted by atomic mass is 16.5. The van der Waals surface area contributed by atoms with Gasteiger partial charge in [-0.05, 0) is 160 Å². The molecule has 0 aliphatic heterocycles. The minimum Gasteiger partial charge on any atom is -0.494 e. The molecule has 5 rings (SSSR count). The lowest BCUT2D eigenvalue weighted by atomic mass is 9.76. The first-order valence-corrected chi connectivity index (χ1v) is 22.2. The van der Waals surface area contributed by atoms with Crippen LogP contribution < -0.4 is 9.47 Å². The van der Waals surface area contributed by atoms with E-state index in [1.54, 1.807) is 11.1 Å². The first kappa shape index (κ1) is 40.4. The van der Waals surface area contributed by atoms with Crippen molar-refractivity contribution in [3.8, 4) is 11.5 Å². The van der Waals surface area contributed by atoms with Crippen LogP contribution in [0.25, 0.3) is 0 Å². The van der Waals surface area contributed by atoms with Gasteiger partial charge in [-0.2, -0.15) is 0 Å². The van der Waals surface area contributed by atoms with Crippen LogP contribution in [0.5, 0.6) is 11.5 Å². The predicted molar refractivity (Wildman–Crippen MR) is 223 cm³/mol. The molecule has 0 bridgehead atoms. The molecule has 0 amide bonds. The molecule has 2 fully saturated rings. The first-order chi connectivity index (χ1) is 25.7. The van der Waals surface area contributed by atoms with Gasteiger partial charge >= 0.3 is 0 Å². The Hall–Kier alpha value is -2.74. The van der Waals surface area contributed by atoms with Crippen LogP contribution in [0.15, 0.2) is 72.8 Å². The van der Waals surface area contributed by atoms with Gasteiger partial charge in [-0.1, -0.05) is 127 Å². The van der Waals surface area contributed by atoms with E-state index < -0.39 is 0 Å². The smallest absolute Gasteiger partial charge is 0.119 e. The van der Waals surface area contributed by atoms with E-state index in [-0.39, 0.29) is 0 Å². The monoisotopic (exact) mass is 707 g/mol. The van der Waals surface area contributed by atoms with E-state index >= 15 is 0 Å². The molecule has 286 valence electrons. The molecule has 0 saturated heterocycles. The summed E-state index contributed by atoms with van der Waals surface area (Å²) in [7, 11) is 0. The van der Waals surface area contributed by atoms with Gasteiger partial charge in [-0.25, -0.2) is 0 Å². The summed E-state index contributed by atoms with van der Waals surface area (Å²) in [4.78, 5) is 0. The molecular formula is C50H74O2. The lowest BCUT2D eigenvalue weighted by molar-refractivity contribution is 0.302. The first-order valence-electron chi connectivity index (χ1n) is 22.2. The van der Waals surface area contributed by atoms with Crippen molar-refractivity contribution in [2.75, 3.05) is 13.2 Å². The number of hydrogen-bond donors (Lipinski definition) is 0. The highest BCUT2D eigenvalue weighted by molar-refractivity contribution is 5.31. The van der Waals surface area contributed by atoms with Crippen LogP contribution in [0.1, 0.15) is 189 Å². The zero-order chi connectivity index (χ0) is 36.1. The Kier molecular flexibility index (Phi) is 18.5. The van der Waals surface area contributed by atoms with Crippen LogP contribution in [-0.4, -0.2) is 13.2 Å². The van der Waals surface area contributed by atoms with Crippen LogP contribution in [0.2, 0.25) is 0 Å². The quantitative estimate of drug-likeness (QED) is 0.0864. The van der Waals surface area contributed by atoms with Gasteiger partial charge in [-0.3, -0.25) is 0 Å². The number of benzene rings is 3. The zero-order valence-corrected chi connectivity index (χ0v) is 33.4. The summed E-state index contributed by atoms with van der Waals surface area (Å²) in [6.07, 6.45) is 31.7. The Morgan fingerprint density at radius 1 is 0.442 bits per heavy atom. The Morgan fingerprint density at radius 2 is 0.827 bits per heavy atom. The molecule has 3 aromatic rings. The summed E-state index contributed by atoms with van der Waals surface area (Å²) in [5.74, 6) is 5.29. The topological polar surface area (TPSA) is 18.5 Å². The molecule has 2 heteroatoms. The fourth-order valence-corrected chi connectivity index (χ4v) is 9.07. The molecule has 2 saturated carbocycles. The number of aryl methyl sites for hydroxylation is 2. The van der Waals surface area contributed by atoms with Crippen molar-refractivity contribution in [2.45, 2.75) is 180 Å². The highest BCUT2D eigenvalue weighted by Crippen LogP contribution is 2.39. The van der Waals surface area contributed by atoms with Crippen LogP contribution in [0.3, 0.4) is 0 Å². The van der Waals surface area contributed by atoms with Gasteiger partial charge in [-0.15, -0.1) is 0 Å². The molecular weight excluding hydrogens is 633 g/mol. The summed E-state index contributed by atoms with van der Waals surface area (Å²) in [5.41, 5.74) is 6.15.